The summed E-state index contributed by atoms with van der Waals surface area (Å²) in [6.07, 6.45) is 4.39. The van der Waals surface area contributed by atoms with Crippen LogP contribution in [0.1, 0.15) is 68.1 Å². The number of halogens is 2. The summed E-state index contributed by atoms with van der Waals surface area (Å²) in [5.41, 5.74) is 1.07. The molecule has 0 radical (unpaired) electrons. The van der Waals surface area contributed by atoms with E-state index in [-0.39, 0.29) is 54.4 Å². The summed E-state index contributed by atoms with van der Waals surface area (Å²) in [6, 6.07) is 11.3. The van der Waals surface area contributed by atoms with Crippen LogP contribution in [0.2, 0.25) is 0 Å². The van der Waals surface area contributed by atoms with Gasteiger partial charge in [0.05, 0.1) is 24.5 Å². The van der Waals surface area contributed by atoms with Crippen LogP contribution in [0.25, 0.3) is 11.3 Å². The van der Waals surface area contributed by atoms with Crippen molar-refractivity contribution in [1.82, 2.24) is 20.2 Å². The van der Waals surface area contributed by atoms with Gasteiger partial charge in [0.15, 0.2) is 11.6 Å². The molecular weight excluding hydrogens is 502 g/mol. The van der Waals surface area contributed by atoms with Crippen LogP contribution in [0, 0.1) is 11.6 Å². The summed E-state index contributed by atoms with van der Waals surface area (Å²) in [6.45, 7) is 4.41. The fourth-order valence-electron chi connectivity index (χ4n) is 4.97. The molecule has 9 heteroatoms. The predicted molar refractivity (Wildman–Crippen MR) is 144 cm³/mol. The van der Waals surface area contributed by atoms with E-state index >= 15 is 0 Å². The van der Waals surface area contributed by atoms with Gasteiger partial charge in [-0.25, -0.2) is 13.8 Å². The maximum Gasteiger partial charge on any atom is 0.224 e. The Morgan fingerprint density at radius 3 is 2.59 bits per heavy atom. The number of amides is 1. The topological polar surface area (TPSA) is 95.2 Å². The second-order valence-electron chi connectivity index (χ2n) is 10.2. The molecule has 2 N–H and O–H groups in total. The number of carbonyl (C=O) groups is 3. The molecule has 7 nitrogen and oxygen atoms in total. The molecule has 1 aliphatic heterocycles. The van der Waals surface area contributed by atoms with Crippen molar-refractivity contribution in [2.24, 2.45) is 0 Å². The Balaban J connectivity index is 1.45. The van der Waals surface area contributed by atoms with Gasteiger partial charge in [0.2, 0.25) is 5.91 Å². The monoisotopic (exact) mass is 536 g/mol. The van der Waals surface area contributed by atoms with Crippen LogP contribution in [0.15, 0.2) is 54.7 Å². The molecule has 2 aromatic carbocycles. The van der Waals surface area contributed by atoms with E-state index in [1.165, 1.54) is 18.3 Å². The number of ketones is 2. The lowest BCUT2D eigenvalue weighted by Gasteiger charge is -2.34. The third kappa shape index (κ3) is 7.23. The van der Waals surface area contributed by atoms with E-state index in [0.717, 1.165) is 25.3 Å². The first-order valence-electron chi connectivity index (χ1n) is 13.4. The molecule has 3 atom stereocenters. The van der Waals surface area contributed by atoms with Gasteiger partial charge >= 0.3 is 0 Å². The Morgan fingerprint density at radius 1 is 1.10 bits per heavy atom. The Morgan fingerprint density at radius 2 is 1.87 bits per heavy atom. The van der Waals surface area contributed by atoms with Crippen LogP contribution >= 0.6 is 0 Å². The summed E-state index contributed by atoms with van der Waals surface area (Å²) >= 11 is 0. The number of H-pyrrole nitrogens is 1. The van der Waals surface area contributed by atoms with Gasteiger partial charge in [-0.1, -0.05) is 37.3 Å². The van der Waals surface area contributed by atoms with Gasteiger partial charge in [-0.05, 0) is 38.3 Å². The number of imidazole rings is 1. The van der Waals surface area contributed by atoms with Crippen molar-refractivity contribution < 1.29 is 23.2 Å². The van der Waals surface area contributed by atoms with E-state index in [1.54, 1.807) is 24.3 Å². The van der Waals surface area contributed by atoms with Crippen molar-refractivity contribution in [2.75, 3.05) is 13.1 Å². The SMILES string of the molecule is C[C@H](CC(=O)[C@H](CC(=O)N1CCCC[C@@H]1C)NCC(=O)c1ccccc1)c1ncc(-c2ccc(F)cc2F)[nH]1. The molecule has 0 aliphatic carbocycles. The first-order chi connectivity index (χ1) is 18.7. The maximum atomic E-state index is 14.2. The highest BCUT2D eigenvalue weighted by Crippen LogP contribution is 2.25. The molecule has 1 saturated heterocycles. The Labute approximate surface area is 227 Å². The van der Waals surface area contributed by atoms with E-state index in [0.29, 0.717) is 23.6 Å². The van der Waals surface area contributed by atoms with Gasteiger partial charge in [-0.2, -0.15) is 0 Å². The van der Waals surface area contributed by atoms with Crippen molar-refractivity contribution in [3.63, 3.8) is 0 Å². The molecule has 1 aliphatic rings. The van der Waals surface area contributed by atoms with E-state index < -0.39 is 17.7 Å². The van der Waals surface area contributed by atoms with Crippen LogP contribution in [0.5, 0.6) is 0 Å². The average molecular weight is 537 g/mol. The van der Waals surface area contributed by atoms with E-state index in [4.69, 9.17) is 0 Å². The van der Waals surface area contributed by atoms with Crippen molar-refractivity contribution >= 4 is 17.5 Å². The quantitative estimate of drug-likeness (QED) is 0.335. The third-order valence-electron chi connectivity index (χ3n) is 7.29. The number of nitrogens with one attached hydrogen (secondary N) is 2. The lowest BCUT2D eigenvalue weighted by Crippen LogP contribution is -2.48. The van der Waals surface area contributed by atoms with Gasteiger partial charge in [-0.15, -0.1) is 0 Å². The number of rotatable bonds is 11. The number of aromatic nitrogens is 2. The molecule has 2 heterocycles. The zero-order chi connectivity index (χ0) is 27.9. The standard InChI is InChI=1S/C30H34F2N4O3/c1-19(30-34-17-26(35-30)23-12-11-22(31)15-24(23)32)14-27(37)25(16-29(39)36-13-7-6-8-20(36)2)33-18-28(38)21-9-4-3-5-10-21/h3-5,9-12,15,17,19-20,25,33H,6-8,13-14,16,18H2,1-2H3,(H,34,35)/t19-,20+,25+/m1/s1. The minimum absolute atomic E-state index is 0.0395. The molecule has 0 unspecified atom stereocenters. The molecule has 206 valence electrons. The van der Waals surface area contributed by atoms with Crippen molar-refractivity contribution in [3.8, 4) is 11.3 Å². The van der Waals surface area contributed by atoms with E-state index in [2.05, 4.69) is 15.3 Å². The zero-order valence-corrected chi connectivity index (χ0v) is 22.3. The molecule has 3 aromatic rings. The Hall–Kier alpha value is -3.72. The number of carbonyl (C=O) groups excluding carboxylic acids is 3. The van der Waals surface area contributed by atoms with Gasteiger partial charge < -0.3 is 9.88 Å². The highest BCUT2D eigenvalue weighted by Gasteiger charge is 2.30. The first-order valence-corrected chi connectivity index (χ1v) is 13.4. The molecule has 0 spiro atoms. The first kappa shape index (κ1) is 28.3. The molecule has 1 fully saturated rings. The van der Waals surface area contributed by atoms with Gasteiger partial charge in [-0.3, -0.25) is 19.7 Å². The number of nitrogens with zero attached hydrogens (tertiary/aromatic N) is 2. The smallest absolute Gasteiger partial charge is 0.224 e. The number of hydrogen-bond donors (Lipinski definition) is 2. The lowest BCUT2D eigenvalue weighted by atomic mass is 9.96. The normalized spacial score (nSPS) is 17.0. The van der Waals surface area contributed by atoms with Crippen LogP contribution in [-0.2, 0) is 9.59 Å². The van der Waals surface area contributed by atoms with E-state index in [9.17, 15) is 23.2 Å². The highest BCUT2D eigenvalue weighted by molar-refractivity contribution is 5.98. The third-order valence-corrected chi connectivity index (χ3v) is 7.29. The summed E-state index contributed by atoms with van der Waals surface area (Å²) in [5.74, 6) is -1.78. The number of likely N-dealkylation sites (tertiary alicyclic amines) is 1. The van der Waals surface area contributed by atoms with Gasteiger partial charge in [0.1, 0.15) is 17.5 Å². The number of piperidine rings is 1. The molecular formula is C30H34F2N4O3. The lowest BCUT2D eigenvalue weighted by molar-refractivity contribution is -0.137. The Kier molecular flexibility index (Phi) is 9.35. The van der Waals surface area contributed by atoms with Crippen molar-refractivity contribution in [1.29, 1.82) is 0 Å². The van der Waals surface area contributed by atoms with Crippen LogP contribution in [0.3, 0.4) is 0 Å². The number of benzene rings is 2. The number of aromatic amines is 1. The van der Waals surface area contributed by atoms with Crippen molar-refractivity contribution in [3.05, 3.63) is 77.8 Å². The summed E-state index contributed by atoms with van der Waals surface area (Å²) in [7, 11) is 0. The van der Waals surface area contributed by atoms with Crippen molar-refractivity contribution in [2.45, 2.75) is 64.0 Å². The molecule has 0 bridgehead atoms. The summed E-state index contributed by atoms with van der Waals surface area (Å²) < 4.78 is 27.5. The molecule has 1 amide bonds. The maximum absolute atomic E-state index is 14.2. The van der Waals surface area contributed by atoms with Crippen LogP contribution in [-0.4, -0.2) is 57.5 Å². The van der Waals surface area contributed by atoms with Gasteiger partial charge in [0, 0.05) is 48.5 Å². The van der Waals surface area contributed by atoms with Gasteiger partial charge in [0.25, 0.3) is 0 Å². The zero-order valence-electron chi connectivity index (χ0n) is 22.3. The molecule has 39 heavy (non-hydrogen) atoms. The second-order valence-corrected chi connectivity index (χ2v) is 10.2. The molecule has 1 aromatic heterocycles. The fraction of sp³-hybridized carbons (Fsp3) is 0.400. The fourth-order valence-corrected chi connectivity index (χ4v) is 4.97. The number of Topliss-reactive ketones (excluding diaryl/α,β-unsaturated/α-hetero) is 2. The Bertz CT molecular complexity index is 1310. The minimum Gasteiger partial charge on any atom is -0.342 e. The predicted octanol–water partition coefficient (Wildman–Crippen LogP) is 5.05. The largest absolute Gasteiger partial charge is 0.342 e. The molecule has 0 saturated carbocycles. The minimum atomic E-state index is -0.842. The molecule has 4 rings (SSSR count). The van der Waals surface area contributed by atoms with E-state index in [1.807, 2.05) is 24.8 Å². The second kappa shape index (κ2) is 12.9. The average Bonchev–Trinajstić information content (AvgIpc) is 3.41. The van der Waals surface area contributed by atoms with Crippen LogP contribution in [0.4, 0.5) is 8.78 Å². The summed E-state index contributed by atoms with van der Waals surface area (Å²) in [5, 5.41) is 3.04. The van der Waals surface area contributed by atoms with Crippen LogP contribution < -0.4 is 5.32 Å². The number of hydrogen-bond acceptors (Lipinski definition) is 5. The highest BCUT2D eigenvalue weighted by atomic mass is 19.1. The summed E-state index contributed by atoms with van der Waals surface area (Å²) in [4.78, 5) is 48.5.